The number of likely N-dealkylation sites (tertiary alicyclic amines) is 1. The number of rotatable bonds is 3. The van der Waals surface area contributed by atoms with Crippen LogP contribution in [0.3, 0.4) is 0 Å². The van der Waals surface area contributed by atoms with E-state index in [4.69, 9.17) is 7.85 Å². The summed E-state index contributed by atoms with van der Waals surface area (Å²) in [5.74, 6) is 1.56. The van der Waals surface area contributed by atoms with E-state index in [1.165, 1.54) is 12.8 Å². The molecule has 14 heavy (non-hydrogen) atoms. The summed E-state index contributed by atoms with van der Waals surface area (Å²) in [4.78, 5) is 2.12. The maximum atomic E-state index is 13.1. The van der Waals surface area contributed by atoms with E-state index >= 15 is 0 Å². The van der Waals surface area contributed by atoms with Crippen LogP contribution in [0.2, 0.25) is 0 Å². The Kier molecular flexibility index (Phi) is 4.40. The van der Waals surface area contributed by atoms with Gasteiger partial charge in [-0.2, -0.15) is 0 Å². The Bertz CT molecular complexity index is 173. The molecular formula is C10H20BFNP. The van der Waals surface area contributed by atoms with Crippen LogP contribution in [0.15, 0.2) is 0 Å². The van der Waals surface area contributed by atoms with Crippen molar-refractivity contribution in [2.75, 3.05) is 19.6 Å². The van der Waals surface area contributed by atoms with Crippen molar-refractivity contribution in [1.82, 2.24) is 4.90 Å². The van der Waals surface area contributed by atoms with Crippen LogP contribution in [-0.4, -0.2) is 37.7 Å². The summed E-state index contributed by atoms with van der Waals surface area (Å²) < 4.78 is 13.1. The van der Waals surface area contributed by atoms with Crippen LogP contribution < -0.4 is 0 Å². The molecule has 2 radical (unpaired) electrons. The van der Waals surface area contributed by atoms with Gasteiger partial charge < -0.3 is 4.90 Å². The topological polar surface area (TPSA) is 3.24 Å². The van der Waals surface area contributed by atoms with E-state index in [0.717, 1.165) is 24.9 Å². The summed E-state index contributed by atoms with van der Waals surface area (Å²) in [6, 6.07) is 0. The quantitative estimate of drug-likeness (QED) is 0.514. The van der Waals surface area contributed by atoms with Gasteiger partial charge in [-0.3, -0.25) is 0 Å². The molecule has 2 unspecified atom stereocenters. The number of nitrogens with zero attached hydrogens (tertiary/aromatic N) is 1. The lowest BCUT2D eigenvalue weighted by Gasteiger charge is -2.36. The molecule has 0 saturated carbocycles. The van der Waals surface area contributed by atoms with Crippen LogP contribution >= 0.6 is 9.24 Å². The van der Waals surface area contributed by atoms with E-state index in [0.29, 0.717) is 6.54 Å². The Morgan fingerprint density at radius 3 is 2.36 bits per heavy atom. The van der Waals surface area contributed by atoms with E-state index in [-0.39, 0.29) is 0 Å². The van der Waals surface area contributed by atoms with Crippen molar-refractivity contribution in [1.29, 1.82) is 0 Å². The number of hydrogen-bond donors (Lipinski definition) is 0. The number of alkyl halides is 1. The van der Waals surface area contributed by atoms with E-state index in [1.807, 2.05) is 0 Å². The van der Waals surface area contributed by atoms with Crippen molar-refractivity contribution < 1.29 is 4.39 Å². The van der Waals surface area contributed by atoms with Gasteiger partial charge in [-0.05, 0) is 37.8 Å². The average molecular weight is 215 g/mol. The Labute approximate surface area is 90.4 Å². The third-order valence-corrected chi connectivity index (χ3v) is 3.22. The van der Waals surface area contributed by atoms with E-state index in [1.54, 1.807) is 0 Å². The molecule has 1 heterocycles. The minimum atomic E-state index is -1.62. The first-order valence-corrected chi connectivity index (χ1v) is 5.95. The molecule has 0 aromatic rings. The Morgan fingerprint density at radius 2 is 2.00 bits per heavy atom. The zero-order valence-corrected chi connectivity index (χ0v) is 10.3. The van der Waals surface area contributed by atoms with Gasteiger partial charge in [0.15, 0.2) is 0 Å². The monoisotopic (exact) mass is 215 g/mol. The third-order valence-electron chi connectivity index (χ3n) is 3.04. The first-order valence-electron chi connectivity index (χ1n) is 5.37. The van der Waals surface area contributed by atoms with Crippen LogP contribution in [0.5, 0.6) is 0 Å². The predicted octanol–water partition coefficient (Wildman–Crippen LogP) is 2.02. The van der Waals surface area contributed by atoms with Crippen LogP contribution in [0.25, 0.3) is 0 Å². The fourth-order valence-electron chi connectivity index (χ4n) is 2.12. The van der Waals surface area contributed by atoms with Gasteiger partial charge in [0.1, 0.15) is 7.85 Å². The summed E-state index contributed by atoms with van der Waals surface area (Å²) in [6.45, 7) is 6.83. The first kappa shape index (κ1) is 12.5. The molecule has 0 amide bonds. The second-order valence-corrected chi connectivity index (χ2v) is 5.74. The summed E-state index contributed by atoms with van der Waals surface area (Å²) in [6.07, 6.45) is 2.36. The summed E-state index contributed by atoms with van der Waals surface area (Å²) in [5.41, 5.74) is 0. The fourth-order valence-corrected chi connectivity index (χ4v) is 2.38. The minimum Gasteiger partial charge on any atom is -0.301 e. The van der Waals surface area contributed by atoms with Gasteiger partial charge in [0, 0.05) is 6.54 Å². The van der Waals surface area contributed by atoms with Gasteiger partial charge >= 0.3 is 0 Å². The smallest absolute Gasteiger partial charge is 0.128 e. The largest absolute Gasteiger partial charge is 0.301 e. The second kappa shape index (κ2) is 4.94. The second-order valence-electron chi connectivity index (χ2n) is 4.78. The molecule has 0 bridgehead atoms. The standard InChI is InChI=1S/C10H20BFNP/c1-8(2)9-3-5-13(6-4-9)7-10(11,12)14/h8-9H,3-7,14H2,1-2H3. The fraction of sp³-hybridized carbons (Fsp3) is 1.00. The minimum absolute atomic E-state index is 0.336. The lowest BCUT2D eigenvalue weighted by molar-refractivity contribution is 0.135. The highest BCUT2D eigenvalue weighted by Crippen LogP contribution is 2.26. The average Bonchev–Trinajstić information content (AvgIpc) is 2.02. The lowest BCUT2D eigenvalue weighted by Crippen LogP contribution is -2.42. The van der Waals surface area contributed by atoms with Crippen molar-refractivity contribution >= 4 is 17.1 Å². The zero-order valence-electron chi connectivity index (χ0n) is 9.17. The SMILES string of the molecule is [B]C(F)(P)CN1CCC(C(C)C)CC1. The van der Waals surface area contributed by atoms with Gasteiger partial charge in [0.2, 0.25) is 0 Å². The molecule has 1 rings (SSSR count). The molecule has 1 saturated heterocycles. The summed E-state index contributed by atoms with van der Waals surface area (Å²) in [7, 11) is 7.38. The maximum absolute atomic E-state index is 13.1. The molecule has 1 fully saturated rings. The van der Waals surface area contributed by atoms with Crippen LogP contribution in [0.4, 0.5) is 4.39 Å². The summed E-state index contributed by atoms with van der Waals surface area (Å²) >= 11 is 0. The molecule has 0 aromatic heterocycles. The molecular weight excluding hydrogens is 195 g/mol. The van der Waals surface area contributed by atoms with Gasteiger partial charge in [0.05, 0.1) is 5.31 Å². The Hall–Kier alpha value is 0.385. The van der Waals surface area contributed by atoms with Crippen molar-refractivity contribution in [2.45, 2.75) is 32.0 Å². The zero-order chi connectivity index (χ0) is 10.8. The molecule has 0 aromatic carbocycles. The van der Waals surface area contributed by atoms with Crippen LogP contribution in [0, 0.1) is 11.8 Å². The highest BCUT2D eigenvalue weighted by molar-refractivity contribution is 7.21. The molecule has 1 aliphatic heterocycles. The van der Waals surface area contributed by atoms with Gasteiger partial charge in [0.25, 0.3) is 0 Å². The Balaban J connectivity index is 2.29. The van der Waals surface area contributed by atoms with E-state index in [2.05, 4.69) is 28.0 Å². The molecule has 0 aliphatic carbocycles. The van der Waals surface area contributed by atoms with Crippen molar-refractivity contribution in [3.8, 4) is 0 Å². The highest BCUT2D eigenvalue weighted by atomic mass is 31.0. The Morgan fingerprint density at radius 1 is 1.50 bits per heavy atom. The number of halogens is 1. The predicted molar refractivity (Wildman–Crippen MR) is 63.3 cm³/mol. The molecule has 80 valence electrons. The molecule has 1 nitrogen and oxygen atoms in total. The van der Waals surface area contributed by atoms with Gasteiger partial charge in [-0.1, -0.05) is 13.8 Å². The lowest BCUT2D eigenvalue weighted by atomic mass is 9.86. The molecule has 4 heteroatoms. The normalized spacial score (nSPS) is 25.2. The summed E-state index contributed by atoms with van der Waals surface area (Å²) in [5, 5.41) is -1.62. The molecule has 0 spiro atoms. The van der Waals surface area contributed by atoms with Crippen molar-refractivity contribution in [3.05, 3.63) is 0 Å². The number of hydrogen-bond acceptors (Lipinski definition) is 1. The third kappa shape index (κ3) is 4.27. The maximum Gasteiger partial charge on any atom is 0.128 e. The highest BCUT2D eigenvalue weighted by Gasteiger charge is 2.25. The number of piperidine rings is 1. The van der Waals surface area contributed by atoms with E-state index < -0.39 is 5.31 Å². The molecule has 2 atom stereocenters. The van der Waals surface area contributed by atoms with E-state index in [9.17, 15) is 4.39 Å². The van der Waals surface area contributed by atoms with Crippen molar-refractivity contribution in [3.63, 3.8) is 0 Å². The van der Waals surface area contributed by atoms with Crippen molar-refractivity contribution in [2.24, 2.45) is 11.8 Å². The van der Waals surface area contributed by atoms with Crippen LogP contribution in [0.1, 0.15) is 26.7 Å². The molecule has 1 aliphatic rings. The first-order chi connectivity index (χ1) is 6.38. The molecule has 0 N–H and O–H groups in total. The van der Waals surface area contributed by atoms with Gasteiger partial charge in [-0.15, -0.1) is 9.24 Å². The van der Waals surface area contributed by atoms with Crippen LogP contribution in [-0.2, 0) is 0 Å². The van der Waals surface area contributed by atoms with Gasteiger partial charge in [-0.25, -0.2) is 4.39 Å².